The lowest BCUT2D eigenvalue weighted by atomic mass is 10.1. The smallest absolute Gasteiger partial charge is 0.159 e. The van der Waals surface area contributed by atoms with E-state index in [1.54, 1.807) is 6.07 Å². The van der Waals surface area contributed by atoms with Crippen LogP contribution in [0.1, 0.15) is 24.1 Å². The molecule has 0 aliphatic rings. The molecule has 2 aromatic rings. The molecule has 0 radical (unpaired) electrons. The van der Waals surface area contributed by atoms with E-state index < -0.39 is 11.6 Å². The van der Waals surface area contributed by atoms with Gasteiger partial charge in [-0.25, -0.2) is 8.78 Å². The molecular weight excluding hydrogens is 268 g/mol. The van der Waals surface area contributed by atoms with Crippen LogP contribution in [0.3, 0.4) is 0 Å². The van der Waals surface area contributed by atoms with Gasteiger partial charge < -0.3 is 5.32 Å². The molecule has 4 heteroatoms. The van der Waals surface area contributed by atoms with Crippen LogP contribution in [-0.2, 0) is 6.54 Å². The molecule has 0 aromatic heterocycles. The summed E-state index contributed by atoms with van der Waals surface area (Å²) in [5.41, 5.74) is 1.75. The van der Waals surface area contributed by atoms with Crippen LogP contribution in [0.25, 0.3) is 0 Å². The number of hydrogen-bond donors (Lipinski definition) is 1. The van der Waals surface area contributed by atoms with Crippen LogP contribution in [0.2, 0.25) is 5.02 Å². The normalized spacial score (nSPS) is 12.4. The maximum absolute atomic E-state index is 13.1. The lowest BCUT2D eigenvalue weighted by Gasteiger charge is -2.14. The van der Waals surface area contributed by atoms with Crippen molar-refractivity contribution in [1.29, 1.82) is 0 Å². The Balaban J connectivity index is 2.00. The zero-order valence-corrected chi connectivity index (χ0v) is 11.2. The molecule has 0 saturated carbocycles. The Morgan fingerprint density at radius 1 is 1.11 bits per heavy atom. The van der Waals surface area contributed by atoms with Gasteiger partial charge in [0.15, 0.2) is 11.6 Å². The summed E-state index contributed by atoms with van der Waals surface area (Å²) in [6.45, 7) is 2.45. The van der Waals surface area contributed by atoms with Gasteiger partial charge in [0.25, 0.3) is 0 Å². The fourth-order valence-corrected chi connectivity index (χ4v) is 2.01. The van der Waals surface area contributed by atoms with Gasteiger partial charge >= 0.3 is 0 Å². The molecule has 1 atom stereocenters. The van der Waals surface area contributed by atoms with E-state index in [0.29, 0.717) is 17.1 Å². The Morgan fingerprint density at radius 2 is 1.89 bits per heavy atom. The van der Waals surface area contributed by atoms with Gasteiger partial charge in [0.05, 0.1) is 0 Å². The number of rotatable bonds is 4. The average Bonchev–Trinajstić information content (AvgIpc) is 2.40. The van der Waals surface area contributed by atoms with Crippen LogP contribution < -0.4 is 5.32 Å². The number of nitrogens with one attached hydrogen (secondary N) is 1. The molecule has 0 amide bonds. The van der Waals surface area contributed by atoms with Crippen molar-refractivity contribution in [2.75, 3.05) is 0 Å². The minimum Gasteiger partial charge on any atom is -0.306 e. The van der Waals surface area contributed by atoms with Gasteiger partial charge in [-0.15, -0.1) is 0 Å². The molecule has 2 aromatic carbocycles. The average molecular weight is 282 g/mol. The zero-order valence-electron chi connectivity index (χ0n) is 10.5. The monoisotopic (exact) mass is 281 g/mol. The van der Waals surface area contributed by atoms with Crippen LogP contribution in [-0.4, -0.2) is 0 Å². The topological polar surface area (TPSA) is 12.0 Å². The highest BCUT2D eigenvalue weighted by Gasteiger charge is 2.07. The largest absolute Gasteiger partial charge is 0.306 e. The van der Waals surface area contributed by atoms with Gasteiger partial charge in [0.1, 0.15) is 0 Å². The molecule has 0 aliphatic carbocycles. The van der Waals surface area contributed by atoms with E-state index in [1.807, 2.05) is 31.2 Å². The number of hydrogen-bond acceptors (Lipinski definition) is 1. The molecular formula is C15H14ClF2N. The highest BCUT2D eigenvalue weighted by Crippen LogP contribution is 2.18. The van der Waals surface area contributed by atoms with E-state index in [-0.39, 0.29) is 6.04 Å². The Morgan fingerprint density at radius 3 is 2.58 bits per heavy atom. The fourth-order valence-electron chi connectivity index (χ4n) is 1.81. The lowest BCUT2D eigenvalue weighted by Crippen LogP contribution is -2.18. The summed E-state index contributed by atoms with van der Waals surface area (Å²) < 4.78 is 25.9. The standard InChI is InChI=1S/C15H14ClF2N/c1-10(12-3-2-4-13(16)8-12)19-9-11-5-6-14(17)15(18)7-11/h2-8,10,19H,9H2,1H3/t10-/m0/s1. The van der Waals surface area contributed by atoms with Gasteiger partial charge in [0, 0.05) is 17.6 Å². The van der Waals surface area contributed by atoms with Crippen LogP contribution in [0.5, 0.6) is 0 Å². The Hall–Kier alpha value is -1.45. The first-order valence-electron chi connectivity index (χ1n) is 5.99. The van der Waals surface area contributed by atoms with Gasteiger partial charge in [-0.2, -0.15) is 0 Å². The first-order valence-corrected chi connectivity index (χ1v) is 6.37. The molecule has 0 aliphatic heterocycles. The third kappa shape index (κ3) is 3.75. The van der Waals surface area contributed by atoms with Crippen LogP contribution >= 0.6 is 11.6 Å². The molecule has 0 saturated heterocycles. The van der Waals surface area contributed by atoms with Gasteiger partial charge in [-0.3, -0.25) is 0 Å². The van der Waals surface area contributed by atoms with Gasteiger partial charge in [-0.05, 0) is 42.3 Å². The molecule has 0 spiro atoms. The maximum Gasteiger partial charge on any atom is 0.159 e. The second kappa shape index (κ2) is 6.13. The molecule has 100 valence electrons. The van der Waals surface area contributed by atoms with Crippen molar-refractivity contribution in [3.63, 3.8) is 0 Å². The van der Waals surface area contributed by atoms with E-state index in [0.717, 1.165) is 11.6 Å². The van der Waals surface area contributed by atoms with Gasteiger partial charge in [0.2, 0.25) is 0 Å². The van der Waals surface area contributed by atoms with Crippen LogP contribution in [0, 0.1) is 11.6 Å². The lowest BCUT2D eigenvalue weighted by molar-refractivity contribution is 0.504. The Kier molecular flexibility index (Phi) is 4.51. The zero-order chi connectivity index (χ0) is 13.8. The van der Waals surface area contributed by atoms with Gasteiger partial charge in [-0.1, -0.05) is 29.8 Å². The second-order valence-corrected chi connectivity index (χ2v) is 4.84. The van der Waals surface area contributed by atoms with Crippen molar-refractivity contribution < 1.29 is 8.78 Å². The summed E-state index contributed by atoms with van der Waals surface area (Å²) in [5.74, 6) is -1.65. The Bertz CT molecular complexity index is 572. The van der Waals surface area contributed by atoms with Crippen LogP contribution in [0.4, 0.5) is 8.78 Å². The molecule has 1 N–H and O–H groups in total. The van der Waals surface area contributed by atoms with E-state index >= 15 is 0 Å². The van der Waals surface area contributed by atoms with Crippen molar-refractivity contribution in [3.05, 3.63) is 70.2 Å². The van der Waals surface area contributed by atoms with Crippen molar-refractivity contribution in [1.82, 2.24) is 5.32 Å². The summed E-state index contributed by atoms with van der Waals surface area (Å²) in [4.78, 5) is 0. The third-order valence-corrected chi connectivity index (χ3v) is 3.18. The first-order chi connectivity index (χ1) is 9.06. The summed E-state index contributed by atoms with van der Waals surface area (Å²) in [5, 5.41) is 3.92. The maximum atomic E-state index is 13.1. The first kappa shape index (κ1) is 14.0. The summed E-state index contributed by atoms with van der Waals surface area (Å²) in [6.07, 6.45) is 0. The minimum atomic E-state index is -0.827. The predicted molar refractivity (Wildman–Crippen MR) is 73.1 cm³/mol. The highest BCUT2D eigenvalue weighted by molar-refractivity contribution is 6.30. The van der Waals surface area contributed by atoms with E-state index in [1.165, 1.54) is 6.07 Å². The summed E-state index contributed by atoms with van der Waals surface area (Å²) >= 11 is 5.93. The quantitative estimate of drug-likeness (QED) is 0.872. The fraction of sp³-hybridized carbons (Fsp3) is 0.200. The highest BCUT2D eigenvalue weighted by atomic mass is 35.5. The van der Waals surface area contributed by atoms with E-state index in [2.05, 4.69) is 5.32 Å². The van der Waals surface area contributed by atoms with Crippen molar-refractivity contribution >= 4 is 11.6 Å². The number of benzene rings is 2. The molecule has 0 fully saturated rings. The Labute approximate surface area is 116 Å². The molecule has 19 heavy (non-hydrogen) atoms. The van der Waals surface area contributed by atoms with Crippen molar-refractivity contribution in [2.45, 2.75) is 19.5 Å². The molecule has 0 heterocycles. The summed E-state index contributed by atoms with van der Waals surface area (Å²) in [6, 6.07) is 11.5. The van der Waals surface area contributed by atoms with Crippen molar-refractivity contribution in [3.8, 4) is 0 Å². The third-order valence-electron chi connectivity index (χ3n) is 2.95. The second-order valence-electron chi connectivity index (χ2n) is 4.41. The van der Waals surface area contributed by atoms with Crippen molar-refractivity contribution in [2.24, 2.45) is 0 Å². The van der Waals surface area contributed by atoms with E-state index in [4.69, 9.17) is 11.6 Å². The minimum absolute atomic E-state index is 0.0758. The number of halogens is 3. The van der Waals surface area contributed by atoms with Crippen LogP contribution in [0.15, 0.2) is 42.5 Å². The predicted octanol–water partition coefficient (Wildman–Crippen LogP) is 4.47. The molecule has 0 bridgehead atoms. The SMILES string of the molecule is C[C@H](NCc1ccc(F)c(F)c1)c1cccc(Cl)c1. The van der Waals surface area contributed by atoms with E-state index in [9.17, 15) is 8.78 Å². The molecule has 2 rings (SSSR count). The molecule has 1 nitrogen and oxygen atoms in total. The summed E-state index contributed by atoms with van der Waals surface area (Å²) in [7, 11) is 0. The molecule has 0 unspecified atom stereocenters.